The van der Waals surface area contributed by atoms with Crippen LogP contribution in [-0.4, -0.2) is 65.6 Å². The van der Waals surface area contributed by atoms with Crippen LogP contribution in [0.1, 0.15) is 12.8 Å². The third kappa shape index (κ3) is 4.32. The number of carbonyl (C=O) groups is 1. The number of carbonyl (C=O) groups excluding carboxylic acids is 1. The van der Waals surface area contributed by atoms with E-state index in [0.717, 1.165) is 45.7 Å². The van der Waals surface area contributed by atoms with Crippen molar-refractivity contribution in [3.8, 4) is 0 Å². The fourth-order valence-electron chi connectivity index (χ4n) is 3.93. The number of fused-ring (bicyclic) bond motifs is 1. The largest absolute Gasteiger partial charge is 0.419 e. The number of rotatable bonds is 4. The van der Waals surface area contributed by atoms with Gasteiger partial charge in [0.2, 0.25) is 5.91 Å². The average molecular weight is 415 g/mol. The van der Waals surface area contributed by atoms with E-state index in [2.05, 4.69) is 10.2 Å². The van der Waals surface area contributed by atoms with Crippen LogP contribution in [0.2, 0.25) is 5.02 Å². The summed E-state index contributed by atoms with van der Waals surface area (Å²) in [6.07, 6.45) is 1.32. The second kappa shape index (κ2) is 8.65. The number of nitrogens with one attached hydrogen (secondary N) is 1. The maximum Gasteiger partial charge on any atom is 0.419 e. The molecule has 1 atom stereocenters. The lowest BCUT2D eigenvalue weighted by Crippen LogP contribution is -2.49. The van der Waals surface area contributed by atoms with Crippen molar-refractivity contribution in [2.45, 2.75) is 25.4 Å². The lowest BCUT2D eigenvalue weighted by atomic mass is 10.2. The fourth-order valence-corrected chi connectivity index (χ4v) is 4.09. The van der Waals surface area contributed by atoms with Gasteiger partial charge in [-0.1, -0.05) is 11.6 Å². The highest BCUT2D eigenvalue weighted by molar-refractivity contribution is 6.31. The molecule has 2 aliphatic heterocycles. The van der Waals surface area contributed by atoms with Crippen LogP contribution in [0.4, 0.5) is 0 Å². The van der Waals surface area contributed by atoms with Gasteiger partial charge in [-0.3, -0.25) is 14.3 Å². The normalized spacial score (nSPS) is 20.8. The Morgan fingerprint density at radius 3 is 2.81 bits per heavy atom. The summed E-state index contributed by atoms with van der Waals surface area (Å²) in [6, 6.07) is 5.55. The number of hydrogen-bond acceptors (Lipinski definition) is 5. The van der Waals surface area contributed by atoms with Crippen molar-refractivity contribution in [1.82, 2.24) is 19.7 Å². The number of piperazine rings is 1. The van der Waals surface area contributed by atoms with Gasteiger partial charge in [-0.15, -0.1) is 12.4 Å². The second-order valence-corrected chi connectivity index (χ2v) is 7.39. The van der Waals surface area contributed by atoms with Gasteiger partial charge in [0.05, 0.1) is 5.52 Å². The fraction of sp³-hybridized carbons (Fsp3) is 0.556. The predicted octanol–water partition coefficient (Wildman–Crippen LogP) is 1.57. The predicted molar refractivity (Wildman–Crippen MR) is 107 cm³/mol. The van der Waals surface area contributed by atoms with Gasteiger partial charge in [0, 0.05) is 69.4 Å². The summed E-state index contributed by atoms with van der Waals surface area (Å²) in [6.45, 7) is 6.04. The van der Waals surface area contributed by atoms with Gasteiger partial charge in [-0.25, -0.2) is 4.79 Å². The Morgan fingerprint density at radius 1 is 1.26 bits per heavy atom. The zero-order valence-electron chi connectivity index (χ0n) is 15.0. The number of halogens is 2. The average Bonchev–Trinajstić information content (AvgIpc) is 3.25. The van der Waals surface area contributed by atoms with Crippen LogP contribution >= 0.6 is 24.0 Å². The number of benzene rings is 1. The van der Waals surface area contributed by atoms with Crippen LogP contribution in [0.5, 0.6) is 0 Å². The van der Waals surface area contributed by atoms with Crippen molar-refractivity contribution >= 4 is 41.0 Å². The number of likely N-dealkylation sites (tertiary alicyclic amines) is 1. The first-order valence-electron chi connectivity index (χ1n) is 9.13. The topological polar surface area (TPSA) is 70.7 Å². The molecule has 2 aromatic rings. The van der Waals surface area contributed by atoms with E-state index in [-0.39, 0.29) is 18.3 Å². The summed E-state index contributed by atoms with van der Waals surface area (Å²) in [5.74, 6) is -0.354. The number of oxazole rings is 1. The number of aromatic nitrogens is 1. The maximum atomic E-state index is 12.6. The van der Waals surface area contributed by atoms with Crippen molar-refractivity contribution in [3.63, 3.8) is 0 Å². The van der Waals surface area contributed by atoms with E-state index < -0.39 is 5.76 Å². The highest BCUT2D eigenvalue weighted by Gasteiger charge is 2.30. The minimum Gasteiger partial charge on any atom is -0.408 e. The first-order chi connectivity index (χ1) is 12.6. The molecule has 1 unspecified atom stereocenters. The zero-order chi connectivity index (χ0) is 18.1. The molecule has 0 saturated carbocycles. The summed E-state index contributed by atoms with van der Waals surface area (Å²) in [5, 5.41) is 3.88. The number of hydrogen-bond donors (Lipinski definition) is 1. The van der Waals surface area contributed by atoms with Crippen molar-refractivity contribution in [1.29, 1.82) is 0 Å². The first kappa shape index (κ1) is 20.2. The quantitative estimate of drug-likeness (QED) is 0.821. The minimum atomic E-state index is -0.449. The Labute approximate surface area is 168 Å². The van der Waals surface area contributed by atoms with Crippen molar-refractivity contribution in [2.24, 2.45) is 0 Å². The van der Waals surface area contributed by atoms with Gasteiger partial charge in [-0.05, 0) is 18.6 Å². The molecular weight excluding hydrogens is 391 g/mol. The number of aryl methyl sites for hydroxylation is 1. The van der Waals surface area contributed by atoms with E-state index >= 15 is 0 Å². The SMILES string of the molecule is Cl.O=C(CCn1c(=O)oc2cc(Cl)ccc21)N1CCC(N2CCNCC2)C1. The Morgan fingerprint density at radius 2 is 2.04 bits per heavy atom. The van der Waals surface area contributed by atoms with Crippen molar-refractivity contribution < 1.29 is 9.21 Å². The Kier molecular flexibility index (Phi) is 6.47. The molecule has 1 aromatic heterocycles. The Bertz CT molecular complexity index is 860. The third-order valence-electron chi connectivity index (χ3n) is 5.36. The molecule has 0 radical (unpaired) electrons. The molecule has 0 aliphatic carbocycles. The monoisotopic (exact) mass is 414 g/mol. The minimum absolute atomic E-state index is 0. The summed E-state index contributed by atoms with van der Waals surface area (Å²) in [4.78, 5) is 29.1. The highest BCUT2D eigenvalue weighted by atomic mass is 35.5. The van der Waals surface area contributed by atoms with Gasteiger partial charge in [0.15, 0.2) is 5.58 Å². The molecule has 2 saturated heterocycles. The van der Waals surface area contributed by atoms with Crippen LogP contribution in [0.25, 0.3) is 11.1 Å². The molecule has 3 heterocycles. The van der Waals surface area contributed by atoms with Crippen molar-refractivity contribution in [2.75, 3.05) is 39.3 Å². The molecule has 2 fully saturated rings. The van der Waals surface area contributed by atoms with Crippen LogP contribution < -0.4 is 11.1 Å². The van der Waals surface area contributed by atoms with Gasteiger partial charge in [0.1, 0.15) is 0 Å². The van der Waals surface area contributed by atoms with Crippen LogP contribution in [0.15, 0.2) is 27.4 Å². The maximum absolute atomic E-state index is 12.6. The molecule has 1 N–H and O–H groups in total. The molecule has 1 amide bonds. The van der Waals surface area contributed by atoms with E-state index in [1.54, 1.807) is 18.2 Å². The Hall–Kier alpha value is -1.54. The molecule has 4 rings (SSSR count). The van der Waals surface area contributed by atoms with E-state index in [0.29, 0.717) is 35.1 Å². The lowest BCUT2D eigenvalue weighted by Gasteiger charge is -2.32. The first-order valence-corrected chi connectivity index (χ1v) is 9.51. The standard InChI is InChI=1S/C18H23ClN4O3.ClH/c19-13-1-2-15-16(11-13)26-18(25)23(15)8-4-17(24)22-7-3-14(12-22)21-9-5-20-6-10-21;/h1-2,11,14,20H,3-10,12H2;1H. The van der Waals surface area contributed by atoms with E-state index in [4.69, 9.17) is 16.0 Å². The smallest absolute Gasteiger partial charge is 0.408 e. The van der Waals surface area contributed by atoms with Gasteiger partial charge in [-0.2, -0.15) is 0 Å². The summed E-state index contributed by atoms with van der Waals surface area (Å²) in [5.41, 5.74) is 1.13. The lowest BCUT2D eigenvalue weighted by molar-refractivity contribution is -0.130. The zero-order valence-corrected chi connectivity index (χ0v) is 16.6. The van der Waals surface area contributed by atoms with E-state index in [9.17, 15) is 9.59 Å². The van der Waals surface area contributed by atoms with Crippen LogP contribution in [0.3, 0.4) is 0 Å². The Balaban J connectivity index is 0.00000210. The molecule has 148 valence electrons. The highest BCUT2D eigenvalue weighted by Crippen LogP contribution is 2.20. The van der Waals surface area contributed by atoms with Crippen molar-refractivity contribution in [3.05, 3.63) is 33.8 Å². The molecule has 2 aliphatic rings. The number of amides is 1. The van der Waals surface area contributed by atoms with Crippen LogP contribution in [-0.2, 0) is 11.3 Å². The van der Waals surface area contributed by atoms with E-state index in [1.807, 2.05) is 4.90 Å². The van der Waals surface area contributed by atoms with Gasteiger partial charge < -0.3 is 14.6 Å². The number of nitrogens with zero attached hydrogens (tertiary/aromatic N) is 3. The molecule has 9 heteroatoms. The summed E-state index contributed by atoms with van der Waals surface area (Å²) < 4.78 is 6.73. The molecule has 0 bridgehead atoms. The van der Waals surface area contributed by atoms with Gasteiger partial charge in [0.25, 0.3) is 0 Å². The molecule has 27 heavy (non-hydrogen) atoms. The summed E-state index contributed by atoms with van der Waals surface area (Å²) in [7, 11) is 0. The molecule has 0 spiro atoms. The third-order valence-corrected chi connectivity index (χ3v) is 5.60. The molecular formula is C18H24Cl2N4O3. The summed E-state index contributed by atoms with van der Waals surface area (Å²) >= 11 is 5.93. The second-order valence-electron chi connectivity index (χ2n) is 6.95. The molecule has 1 aromatic carbocycles. The van der Waals surface area contributed by atoms with Gasteiger partial charge >= 0.3 is 5.76 Å². The molecule has 7 nitrogen and oxygen atoms in total. The van der Waals surface area contributed by atoms with Crippen LogP contribution in [0, 0.1) is 0 Å². The van der Waals surface area contributed by atoms with E-state index in [1.165, 1.54) is 4.57 Å².